The van der Waals surface area contributed by atoms with Gasteiger partial charge in [0.25, 0.3) is 0 Å². The molecule has 1 aromatic carbocycles. The van der Waals surface area contributed by atoms with E-state index in [9.17, 15) is 0 Å². The van der Waals surface area contributed by atoms with Crippen LogP contribution < -0.4 is 5.32 Å². The minimum atomic E-state index is 0.303. The molecule has 0 heterocycles. The third kappa shape index (κ3) is 2.85. The molecule has 0 spiro atoms. The number of hydrogen-bond donors (Lipinski definition) is 1. The van der Waals surface area contributed by atoms with Gasteiger partial charge in [-0.05, 0) is 52.0 Å². The van der Waals surface area contributed by atoms with Gasteiger partial charge >= 0.3 is 0 Å². The van der Waals surface area contributed by atoms with Crippen LogP contribution in [-0.2, 0) is 6.54 Å². The molecule has 0 unspecified atom stereocenters. The molecule has 0 radical (unpaired) electrons. The van der Waals surface area contributed by atoms with Crippen LogP contribution in [0.2, 0.25) is 0 Å². The van der Waals surface area contributed by atoms with Crippen molar-refractivity contribution in [3.05, 3.63) is 34.9 Å². The predicted molar refractivity (Wildman–Crippen MR) is 69.6 cm³/mol. The zero-order valence-corrected chi connectivity index (χ0v) is 10.9. The molecule has 1 N–H and O–H groups in total. The zero-order chi connectivity index (χ0) is 11.8. The Morgan fingerprint density at radius 3 is 2.19 bits per heavy atom. The highest BCUT2D eigenvalue weighted by Gasteiger charge is 2.36. The van der Waals surface area contributed by atoms with Crippen molar-refractivity contribution in [2.24, 2.45) is 5.92 Å². The van der Waals surface area contributed by atoms with Crippen LogP contribution in [0, 0.1) is 19.8 Å². The van der Waals surface area contributed by atoms with Crippen LogP contribution in [0.4, 0.5) is 0 Å². The van der Waals surface area contributed by atoms with Gasteiger partial charge in [-0.3, -0.25) is 0 Å². The molecular weight excluding hydrogens is 194 g/mol. The van der Waals surface area contributed by atoms with Crippen LogP contribution in [-0.4, -0.2) is 5.54 Å². The van der Waals surface area contributed by atoms with Crippen LogP contribution in [0.5, 0.6) is 0 Å². The van der Waals surface area contributed by atoms with Crippen molar-refractivity contribution in [2.75, 3.05) is 0 Å². The van der Waals surface area contributed by atoms with Gasteiger partial charge < -0.3 is 5.32 Å². The Balaban J connectivity index is 1.98. The van der Waals surface area contributed by atoms with E-state index in [1.807, 2.05) is 0 Å². The largest absolute Gasteiger partial charge is 0.307 e. The van der Waals surface area contributed by atoms with Crippen molar-refractivity contribution in [1.82, 2.24) is 5.32 Å². The number of rotatable bonds is 4. The van der Waals surface area contributed by atoms with Crippen molar-refractivity contribution >= 4 is 0 Å². The number of hydrogen-bond acceptors (Lipinski definition) is 1. The molecule has 1 aliphatic rings. The highest BCUT2D eigenvalue weighted by Crippen LogP contribution is 2.39. The fraction of sp³-hybridized carbons (Fsp3) is 0.600. The maximum absolute atomic E-state index is 3.69. The summed E-state index contributed by atoms with van der Waals surface area (Å²) in [4.78, 5) is 0. The topological polar surface area (TPSA) is 12.0 Å². The van der Waals surface area contributed by atoms with Crippen molar-refractivity contribution in [3.8, 4) is 0 Å². The predicted octanol–water partition coefficient (Wildman–Crippen LogP) is 3.58. The maximum Gasteiger partial charge on any atom is 0.0210 e. The minimum absolute atomic E-state index is 0.303. The minimum Gasteiger partial charge on any atom is -0.307 e. The number of benzene rings is 1. The molecule has 0 aromatic heterocycles. The molecule has 88 valence electrons. The summed E-state index contributed by atoms with van der Waals surface area (Å²) in [6.07, 6.45) is 2.79. The highest BCUT2D eigenvalue weighted by molar-refractivity contribution is 5.28. The Kier molecular flexibility index (Phi) is 3.07. The average molecular weight is 217 g/mol. The Morgan fingerprint density at radius 1 is 1.12 bits per heavy atom. The second-order valence-electron chi connectivity index (χ2n) is 5.85. The smallest absolute Gasteiger partial charge is 0.0210 e. The third-order valence-corrected chi connectivity index (χ3v) is 3.63. The van der Waals surface area contributed by atoms with Crippen LogP contribution in [0.3, 0.4) is 0 Å². The quantitative estimate of drug-likeness (QED) is 0.813. The normalized spacial score (nSPS) is 16.5. The van der Waals surface area contributed by atoms with Crippen LogP contribution in [0.25, 0.3) is 0 Å². The Bertz CT molecular complexity index is 355. The molecule has 0 atom stereocenters. The molecule has 0 bridgehead atoms. The van der Waals surface area contributed by atoms with Crippen LogP contribution >= 0.6 is 0 Å². The summed E-state index contributed by atoms with van der Waals surface area (Å²) in [6, 6.07) is 6.79. The third-order valence-electron chi connectivity index (χ3n) is 3.63. The summed E-state index contributed by atoms with van der Waals surface area (Å²) in [6.45, 7) is 9.98. The lowest BCUT2D eigenvalue weighted by atomic mass is 9.98. The Morgan fingerprint density at radius 2 is 1.69 bits per heavy atom. The van der Waals surface area contributed by atoms with E-state index in [1.165, 1.54) is 29.5 Å². The first-order valence-electron chi connectivity index (χ1n) is 6.29. The van der Waals surface area contributed by atoms with E-state index < -0.39 is 0 Å². The summed E-state index contributed by atoms with van der Waals surface area (Å²) in [5.41, 5.74) is 4.44. The van der Waals surface area contributed by atoms with E-state index in [1.54, 1.807) is 0 Å². The first kappa shape index (κ1) is 11.7. The second kappa shape index (κ2) is 4.21. The summed E-state index contributed by atoms with van der Waals surface area (Å²) >= 11 is 0. The van der Waals surface area contributed by atoms with Crippen molar-refractivity contribution in [2.45, 2.75) is 52.6 Å². The van der Waals surface area contributed by atoms with E-state index in [2.05, 4.69) is 51.2 Å². The van der Waals surface area contributed by atoms with E-state index in [0.717, 1.165) is 12.5 Å². The van der Waals surface area contributed by atoms with Gasteiger partial charge in [0.2, 0.25) is 0 Å². The van der Waals surface area contributed by atoms with E-state index in [0.29, 0.717) is 5.54 Å². The standard InChI is InChI=1S/C15H23N/c1-11-7-12(2)9-13(8-11)10-16-15(3,4)14-5-6-14/h7-9,14,16H,5-6,10H2,1-4H3. The lowest BCUT2D eigenvalue weighted by Crippen LogP contribution is -2.40. The molecule has 0 aliphatic heterocycles. The maximum atomic E-state index is 3.69. The Hall–Kier alpha value is -0.820. The molecule has 1 saturated carbocycles. The fourth-order valence-electron chi connectivity index (χ4n) is 2.45. The lowest BCUT2D eigenvalue weighted by Gasteiger charge is -2.26. The van der Waals surface area contributed by atoms with Gasteiger partial charge in [0.1, 0.15) is 0 Å². The summed E-state index contributed by atoms with van der Waals surface area (Å²) < 4.78 is 0. The molecule has 16 heavy (non-hydrogen) atoms. The SMILES string of the molecule is Cc1cc(C)cc(CNC(C)(C)C2CC2)c1. The van der Waals surface area contributed by atoms with E-state index in [4.69, 9.17) is 0 Å². The van der Waals surface area contributed by atoms with Crippen LogP contribution in [0.15, 0.2) is 18.2 Å². The monoisotopic (exact) mass is 217 g/mol. The average Bonchev–Trinajstić information content (AvgIpc) is 2.96. The van der Waals surface area contributed by atoms with Gasteiger partial charge in [-0.25, -0.2) is 0 Å². The van der Waals surface area contributed by atoms with Gasteiger partial charge in [-0.1, -0.05) is 29.3 Å². The lowest BCUT2D eigenvalue weighted by molar-refractivity contribution is 0.339. The molecule has 0 saturated heterocycles. The molecule has 1 nitrogen and oxygen atoms in total. The van der Waals surface area contributed by atoms with Gasteiger partial charge in [-0.2, -0.15) is 0 Å². The first-order valence-corrected chi connectivity index (χ1v) is 6.29. The Labute approximate surface area is 99.3 Å². The second-order valence-corrected chi connectivity index (χ2v) is 5.85. The van der Waals surface area contributed by atoms with Gasteiger partial charge in [0.15, 0.2) is 0 Å². The molecule has 1 aromatic rings. The summed E-state index contributed by atoms with van der Waals surface area (Å²) in [5.74, 6) is 0.887. The molecule has 0 amide bonds. The van der Waals surface area contributed by atoms with Crippen molar-refractivity contribution < 1.29 is 0 Å². The fourth-order valence-corrected chi connectivity index (χ4v) is 2.45. The summed E-state index contributed by atoms with van der Waals surface area (Å²) in [5, 5.41) is 3.69. The molecule has 1 aliphatic carbocycles. The van der Waals surface area contributed by atoms with Gasteiger partial charge in [-0.15, -0.1) is 0 Å². The van der Waals surface area contributed by atoms with Crippen LogP contribution in [0.1, 0.15) is 43.4 Å². The molecule has 2 rings (SSSR count). The van der Waals surface area contributed by atoms with Crippen molar-refractivity contribution in [1.29, 1.82) is 0 Å². The number of nitrogens with one attached hydrogen (secondary N) is 1. The van der Waals surface area contributed by atoms with Gasteiger partial charge in [0.05, 0.1) is 0 Å². The van der Waals surface area contributed by atoms with E-state index in [-0.39, 0.29) is 0 Å². The molecule has 1 fully saturated rings. The van der Waals surface area contributed by atoms with Crippen molar-refractivity contribution in [3.63, 3.8) is 0 Å². The molecule has 1 heteroatoms. The summed E-state index contributed by atoms with van der Waals surface area (Å²) in [7, 11) is 0. The van der Waals surface area contributed by atoms with Gasteiger partial charge in [0, 0.05) is 12.1 Å². The van der Waals surface area contributed by atoms with E-state index >= 15 is 0 Å². The molecular formula is C15H23N. The highest BCUT2D eigenvalue weighted by atomic mass is 15.0. The first-order chi connectivity index (χ1) is 7.47. The zero-order valence-electron chi connectivity index (χ0n) is 10.9. The number of aryl methyl sites for hydroxylation is 2.